The Hall–Kier alpha value is -1.89. The highest BCUT2D eigenvalue weighted by Crippen LogP contribution is 2.33. The van der Waals surface area contributed by atoms with E-state index in [0.717, 1.165) is 22.6 Å². The van der Waals surface area contributed by atoms with Gasteiger partial charge in [0, 0.05) is 5.56 Å². The zero-order valence-electron chi connectivity index (χ0n) is 15.3. The summed E-state index contributed by atoms with van der Waals surface area (Å²) in [5.74, 6) is 1.40. The molecule has 3 rings (SSSR count). The molecule has 0 radical (unpaired) electrons. The highest BCUT2D eigenvalue weighted by molar-refractivity contribution is 6.33. The van der Waals surface area contributed by atoms with Crippen molar-refractivity contribution in [3.05, 3.63) is 34.6 Å². The highest BCUT2D eigenvalue weighted by atomic mass is 35.5. The minimum Gasteiger partial charge on any atom is -0.497 e. The van der Waals surface area contributed by atoms with Crippen LogP contribution < -0.4 is 10.1 Å². The summed E-state index contributed by atoms with van der Waals surface area (Å²) >= 11 is 6.45. The molecule has 2 N–H and O–H groups in total. The van der Waals surface area contributed by atoms with E-state index in [0.29, 0.717) is 42.6 Å². The van der Waals surface area contributed by atoms with Crippen LogP contribution in [0.4, 0.5) is 5.82 Å². The van der Waals surface area contributed by atoms with Gasteiger partial charge < -0.3 is 19.9 Å². The Bertz CT molecular complexity index is 785. The SMILES string of the molecule is CCc1nc(-c2ccc(OC)cc2Cl)c(CC)nc1NC1COC[C@H]1O. The van der Waals surface area contributed by atoms with Gasteiger partial charge in [0.2, 0.25) is 0 Å². The van der Waals surface area contributed by atoms with Gasteiger partial charge in [-0.25, -0.2) is 9.97 Å². The molecule has 1 aromatic heterocycles. The molecule has 1 aliphatic rings. The summed E-state index contributed by atoms with van der Waals surface area (Å²) in [5.41, 5.74) is 3.31. The molecule has 2 heterocycles. The molecule has 6 nitrogen and oxygen atoms in total. The van der Waals surface area contributed by atoms with Gasteiger partial charge in [0.15, 0.2) is 0 Å². The van der Waals surface area contributed by atoms with E-state index in [9.17, 15) is 5.11 Å². The second-order valence-corrected chi connectivity index (χ2v) is 6.63. The largest absolute Gasteiger partial charge is 0.497 e. The fourth-order valence-electron chi connectivity index (χ4n) is 3.00. The molecule has 2 aromatic rings. The molecule has 0 bridgehead atoms. The van der Waals surface area contributed by atoms with Crippen LogP contribution in [0, 0.1) is 0 Å². The van der Waals surface area contributed by atoms with Gasteiger partial charge >= 0.3 is 0 Å². The maximum absolute atomic E-state index is 9.99. The average Bonchev–Trinajstić information content (AvgIpc) is 3.06. The first-order chi connectivity index (χ1) is 12.6. The predicted octanol–water partition coefficient (Wildman–Crippen LogP) is 3.10. The van der Waals surface area contributed by atoms with Crippen molar-refractivity contribution in [2.75, 3.05) is 25.6 Å². The van der Waals surface area contributed by atoms with Crippen molar-refractivity contribution in [2.45, 2.75) is 38.8 Å². The number of hydrogen-bond donors (Lipinski definition) is 2. The lowest BCUT2D eigenvalue weighted by Gasteiger charge is -2.19. The zero-order valence-corrected chi connectivity index (χ0v) is 16.0. The number of nitrogens with zero attached hydrogens (tertiary/aromatic N) is 2. The van der Waals surface area contributed by atoms with E-state index in [1.807, 2.05) is 26.0 Å². The second-order valence-electron chi connectivity index (χ2n) is 6.22. The van der Waals surface area contributed by atoms with Gasteiger partial charge in [-0.05, 0) is 31.0 Å². The van der Waals surface area contributed by atoms with Crippen molar-refractivity contribution in [1.82, 2.24) is 9.97 Å². The minimum absolute atomic E-state index is 0.172. The number of methoxy groups -OCH3 is 1. The number of aliphatic hydroxyl groups is 1. The van der Waals surface area contributed by atoms with Crippen LogP contribution in [0.25, 0.3) is 11.3 Å². The number of nitrogens with one attached hydrogen (secondary N) is 1. The van der Waals surface area contributed by atoms with Crippen molar-refractivity contribution in [3.63, 3.8) is 0 Å². The van der Waals surface area contributed by atoms with Crippen molar-refractivity contribution in [1.29, 1.82) is 0 Å². The third kappa shape index (κ3) is 3.77. The van der Waals surface area contributed by atoms with E-state index < -0.39 is 6.10 Å². The van der Waals surface area contributed by atoms with Gasteiger partial charge in [-0.2, -0.15) is 0 Å². The number of ether oxygens (including phenoxy) is 2. The van der Waals surface area contributed by atoms with Crippen LogP contribution in [0.3, 0.4) is 0 Å². The first kappa shape index (κ1) is 18.9. The number of aromatic nitrogens is 2. The van der Waals surface area contributed by atoms with Crippen LogP contribution in [0.5, 0.6) is 5.75 Å². The molecule has 0 aliphatic carbocycles. The second kappa shape index (κ2) is 8.20. The third-order valence-corrected chi connectivity index (χ3v) is 4.83. The van der Waals surface area contributed by atoms with Crippen LogP contribution in [0.2, 0.25) is 5.02 Å². The van der Waals surface area contributed by atoms with E-state index in [4.69, 9.17) is 31.0 Å². The quantitative estimate of drug-likeness (QED) is 0.805. The Morgan fingerprint density at radius 2 is 2.00 bits per heavy atom. The van der Waals surface area contributed by atoms with Crippen molar-refractivity contribution in [3.8, 4) is 17.0 Å². The molecule has 1 aromatic carbocycles. The molecular weight excluding hydrogens is 354 g/mol. The Morgan fingerprint density at radius 1 is 1.23 bits per heavy atom. The van der Waals surface area contributed by atoms with E-state index in [1.54, 1.807) is 13.2 Å². The Labute approximate surface area is 158 Å². The van der Waals surface area contributed by atoms with E-state index in [-0.39, 0.29) is 6.04 Å². The number of aryl methyl sites for hydroxylation is 2. The third-order valence-electron chi connectivity index (χ3n) is 4.51. The lowest BCUT2D eigenvalue weighted by Crippen LogP contribution is -2.33. The standard InChI is InChI=1S/C19H24ClN3O3/c1-4-14-18(12-7-6-11(25-3)8-13(12)20)21-15(5-2)19(22-14)23-16-9-26-10-17(16)24/h6-8,16-17,24H,4-5,9-10H2,1-3H3,(H,22,23)/t16?,17-/m1/s1. The summed E-state index contributed by atoms with van der Waals surface area (Å²) < 4.78 is 10.5. The maximum Gasteiger partial charge on any atom is 0.148 e. The Kier molecular flexibility index (Phi) is 5.96. The molecule has 1 fully saturated rings. The molecule has 7 heteroatoms. The molecule has 1 saturated heterocycles. The zero-order chi connectivity index (χ0) is 18.7. The topological polar surface area (TPSA) is 76.5 Å². The molecular formula is C19H24ClN3O3. The fraction of sp³-hybridized carbons (Fsp3) is 0.474. The van der Waals surface area contributed by atoms with Crippen molar-refractivity contribution in [2.24, 2.45) is 0 Å². The summed E-state index contributed by atoms with van der Waals surface area (Å²) in [6.45, 7) is 4.86. The lowest BCUT2D eigenvalue weighted by atomic mass is 10.1. The molecule has 2 atom stereocenters. The summed E-state index contributed by atoms with van der Waals surface area (Å²) in [4.78, 5) is 9.63. The number of rotatable bonds is 6. The molecule has 1 unspecified atom stereocenters. The van der Waals surface area contributed by atoms with Gasteiger partial charge in [-0.3, -0.25) is 0 Å². The van der Waals surface area contributed by atoms with Gasteiger partial charge in [-0.15, -0.1) is 0 Å². The number of anilines is 1. The molecule has 0 amide bonds. The molecule has 0 spiro atoms. The summed E-state index contributed by atoms with van der Waals surface area (Å²) in [5, 5.41) is 13.9. The lowest BCUT2D eigenvalue weighted by molar-refractivity contribution is 0.125. The van der Waals surface area contributed by atoms with Crippen molar-refractivity contribution >= 4 is 17.4 Å². The van der Waals surface area contributed by atoms with Crippen LogP contribution in [-0.4, -0.2) is 47.5 Å². The van der Waals surface area contributed by atoms with Gasteiger partial charge in [0.05, 0.1) is 54.6 Å². The normalized spacial score (nSPS) is 19.6. The smallest absolute Gasteiger partial charge is 0.148 e. The summed E-state index contributed by atoms with van der Waals surface area (Å²) in [7, 11) is 1.61. The van der Waals surface area contributed by atoms with Crippen LogP contribution >= 0.6 is 11.6 Å². The van der Waals surface area contributed by atoms with Gasteiger partial charge in [-0.1, -0.05) is 25.4 Å². The average molecular weight is 378 g/mol. The fourth-order valence-corrected chi connectivity index (χ4v) is 3.26. The Morgan fingerprint density at radius 3 is 2.58 bits per heavy atom. The predicted molar refractivity (Wildman–Crippen MR) is 102 cm³/mol. The number of hydrogen-bond acceptors (Lipinski definition) is 6. The molecule has 26 heavy (non-hydrogen) atoms. The maximum atomic E-state index is 9.99. The van der Waals surface area contributed by atoms with Gasteiger partial charge in [0.1, 0.15) is 11.6 Å². The molecule has 0 saturated carbocycles. The van der Waals surface area contributed by atoms with E-state index >= 15 is 0 Å². The van der Waals surface area contributed by atoms with Crippen LogP contribution in [-0.2, 0) is 17.6 Å². The molecule has 140 valence electrons. The van der Waals surface area contributed by atoms with Crippen molar-refractivity contribution < 1.29 is 14.6 Å². The minimum atomic E-state index is -0.540. The number of aliphatic hydroxyl groups excluding tert-OH is 1. The first-order valence-corrected chi connectivity index (χ1v) is 9.21. The van der Waals surface area contributed by atoms with E-state index in [2.05, 4.69) is 5.32 Å². The Balaban J connectivity index is 2.01. The van der Waals surface area contributed by atoms with Crippen LogP contribution in [0.1, 0.15) is 25.2 Å². The first-order valence-electron chi connectivity index (χ1n) is 8.83. The number of benzene rings is 1. The summed E-state index contributed by atoms with van der Waals surface area (Å²) in [6, 6.07) is 5.38. The monoisotopic (exact) mass is 377 g/mol. The van der Waals surface area contributed by atoms with Crippen LogP contribution in [0.15, 0.2) is 18.2 Å². The molecule has 1 aliphatic heterocycles. The van der Waals surface area contributed by atoms with E-state index in [1.165, 1.54) is 0 Å². The number of halogens is 1. The highest BCUT2D eigenvalue weighted by Gasteiger charge is 2.27. The summed E-state index contributed by atoms with van der Waals surface area (Å²) in [6.07, 6.45) is 0.888. The van der Waals surface area contributed by atoms with Gasteiger partial charge in [0.25, 0.3) is 0 Å².